The maximum absolute atomic E-state index is 11.0. The summed E-state index contributed by atoms with van der Waals surface area (Å²) >= 11 is 8.93. The fourth-order valence-electron chi connectivity index (χ4n) is 0.447. The summed E-state index contributed by atoms with van der Waals surface area (Å²) < 4.78 is 25.5. The van der Waals surface area contributed by atoms with E-state index in [2.05, 4.69) is 0 Å². The van der Waals surface area contributed by atoms with Crippen LogP contribution in [0.15, 0.2) is 0 Å². The van der Waals surface area contributed by atoms with Crippen LogP contribution in [0.5, 0.6) is 0 Å². The summed E-state index contributed by atoms with van der Waals surface area (Å²) in [5, 5.41) is 0. The molecule has 0 aliphatic heterocycles. The Morgan fingerprint density at radius 3 is 1.25 bits per heavy atom. The molecule has 0 bridgehead atoms. The molecular formula is C6H18O4P2S4. The Hall–Kier alpha value is 1.81. The van der Waals surface area contributed by atoms with Crippen LogP contribution in [-0.4, -0.2) is 40.1 Å². The fourth-order valence-corrected chi connectivity index (χ4v) is 4.92. The molecule has 0 unspecified atom stereocenters. The Labute approximate surface area is 115 Å². The van der Waals surface area contributed by atoms with E-state index in [0.29, 0.717) is 0 Å². The molecule has 10 heteroatoms. The first-order chi connectivity index (χ1) is 7.36. The predicted octanol–water partition coefficient (Wildman–Crippen LogP) is 4.33. The highest BCUT2D eigenvalue weighted by atomic mass is 33.1. The molecule has 0 saturated carbocycles. The van der Waals surface area contributed by atoms with Crippen molar-refractivity contribution in [1.82, 2.24) is 0 Å². The summed E-state index contributed by atoms with van der Waals surface area (Å²) in [7, 11) is 4.61. The average molecular weight is 344 g/mol. The summed E-state index contributed by atoms with van der Waals surface area (Å²) in [4.78, 5) is 0. The van der Waals surface area contributed by atoms with Crippen molar-refractivity contribution >= 4 is 57.4 Å². The molecule has 0 aliphatic carbocycles. The molecule has 0 atom stereocenters. The van der Waals surface area contributed by atoms with E-state index in [1.165, 1.54) is 41.3 Å². The predicted molar refractivity (Wildman–Crippen MR) is 83.5 cm³/mol. The van der Waals surface area contributed by atoms with E-state index in [1.807, 2.05) is 6.26 Å². The first-order valence-electron chi connectivity index (χ1n) is 3.91. The van der Waals surface area contributed by atoms with Gasteiger partial charge in [0.1, 0.15) is 0 Å². The lowest BCUT2D eigenvalue weighted by Gasteiger charge is -2.12. The normalized spacial score (nSPS) is 11.9. The van der Waals surface area contributed by atoms with Crippen LogP contribution in [0.3, 0.4) is 0 Å². The highest BCUT2D eigenvalue weighted by molar-refractivity contribution is 8.88. The molecule has 0 aromatic heterocycles. The topological polar surface area (TPSA) is 44.8 Å². The highest BCUT2D eigenvalue weighted by Gasteiger charge is 2.16. The molecule has 4 nitrogen and oxygen atoms in total. The molecule has 0 heterocycles. The zero-order valence-electron chi connectivity index (χ0n) is 10.2. The number of hydrogen-bond acceptors (Lipinski definition) is 8. The Balaban J connectivity index is 0. The molecule has 0 N–H and O–H groups in total. The summed E-state index contributed by atoms with van der Waals surface area (Å²) in [5.74, 6) is -2.33. The van der Waals surface area contributed by atoms with E-state index < -0.39 is 11.5 Å². The minimum atomic E-state index is -2.33. The quantitative estimate of drug-likeness (QED) is 0.660. The molecule has 0 amide bonds. The fraction of sp³-hybridized carbons (Fsp3) is 1.00. The Kier molecular flexibility index (Phi) is 13.5. The van der Waals surface area contributed by atoms with Crippen LogP contribution in [0.2, 0.25) is 0 Å². The molecule has 100 valence electrons. The van der Waals surface area contributed by atoms with Gasteiger partial charge in [-0.3, -0.25) is 4.57 Å². The van der Waals surface area contributed by atoms with Crippen molar-refractivity contribution in [3.8, 4) is 0 Å². The van der Waals surface area contributed by atoms with Crippen molar-refractivity contribution in [3.05, 3.63) is 0 Å². The standard InChI is InChI=1S/2C3H9O2PS2/c1-5-6(4,7-2)8-3;1-4-6(7,5-2)8-3/h2*1-3H3. The van der Waals surface area contributed by atoms with E-state index in [0.717, 1.165) is 0 Å². The van der Waals surface area contributed by atoms with Crippen LogP contribution in [0.4, 0.5) is 0 Å². The maximum Gasteiger partial charge on any atom is 0.312 e. The largest absolute Gasteiger partial charge is 0.325 e. The third kappa shape index (κ3) is 8.84. The van der Waals surface area contributed by atoms with E-state index in [4.69, 9.17) is 25.4 Å². The van der Waals surface area contributed by atoms with E-state index >= 15 is 0 Å². The number of hydrogen-bond donors (Lipinski definition) is 0. The summed E-state index contributed by atoms with van der Waals surface area (Å²) in [6.45, 7) is 0. The van der Waals surface area contributed by atoms with E-state index in [9.17, 15) is 4.57 Å². The van der Waals surface area contributed by atoms with Gasteiger partial charge in [-0.1, -0.05) is 34.1 Å². The second kappa shape index (κ2) is 10.7. The van der Waals surface area contributed by atoms with E-state index in [-0.39, 0.29) is 0 Å². The van der Waals surface area contributed by atoms with Gasteiger partial charge in [-0.2, -0.15) is 0 Å². The van der Waals surface area contributed by atoms with Crippen LogP contribution >= 0.6 is 45.6 Å². The van der Waals surface area contributed by atoms with Crippen molar-refractivity contribution in [2.45, 2.75) is 0 Å². The molecule has 0 fully saturated rings. The van der Waals surface area contributed by atoms with Crippen LogP contribution in [0, 0.1) is 0 Å². The van der Waals surface area contributed by atoms with Gasteiger partial charge >= 0.3 is 5.77 Å². The smallest absolute Gasteiger partial charge is 0.312 e. The maximum atomic E-state index is 11.0. The molecule has 0 radical (unpaired) electrons. The SMILES string of the molecule is COP(=O)(SC)SC.COP(=S)(OC)SC. The van der Waals surface area contributed by atoms with Gasteiger partial charge in [0.15, 0.2) is 0 Å². The minimum absolute atomic E-state index is 1.27. The van der Waals surface area contributed by atoms with Gasteiger partial charge in [0, 0.05) is 21.3 Å². The Morgan fingerprint density at radius 1 is 0.875 bits per heavy atom. The average Bonchev–Trinajstić information content (AvgIpc) is 2.37. The van der Waals surface area contributed by atoms with Crippen LogP contribution in [0.25, 0.3) is 0 Å². The lowest BCUT2D eigenvalue weighted by Crippen LogP contribution is -1.79. The second-order valence-corrected chi connectivity index (χ2v) is 16.4. The molecule has 0 aromatic rings. The van der Waals surface area contributed by atoms with Crippen molar-refractivity contribution in [2.75, 3.05) is 40.1 Å². The molecular weight excluding hydrogens is 326 g/mol. The second-order valence-electron chi connectivity index (χ2n) is 1.99. The zero-order valence-corrected chi connectivity index (χ0v) is 15.2. The molecule has 16 heavy (non-hydrogen) atoms. The lowest BCUT2D eigenvalue weighted by molar-refractivity contribution is 0.354. The third-order valence-electron chi connectivity index (χ3n) is 1.34. The van der Waals surface area contributed by atoms with Gasteiger partial charge in [0.25, 0.3) is 0 Å². The first-order valence-corrected chi connectivity index (χ1v) is 13.7. The molecule has 0 aliphatic rings. The van der Waals surface area contributed by atoms with Crippen molar-refractivity contribution < 1.29 is 18.1 Å². The summed E-state index contributed by atoms with van der Waals surface area (Å²) in [6.07, 6.45) is 5.44. The van der Waals surface area contributed by atoms with Gasteiger partial charge in [0.2, 0.25) is 5.69 Å². The van der Waals surface area contributed by atoms with Gasteiger partial charge in [-0.05, 0) is 30.6 Å². The third-order valence-corrected chi connectivity index (χ3v) is 14.8. The van der Waals surface area contributed by atoms with E-state index in [1.54, 1.807) is 26.7 Å². The Morgan fingerprint density at radius 2 is 1.25 bits per heavy atom. The van der Waals surface area contributed by atoms with Crippen molar-refractivity contribution in [1.29, 1.82) is 0 Å². The molecule has 0 saturated heterocycles. The van der Waals surface area contributed by atoms with Crippen LogP contribution in [-0.2, 0) is 29.9 Å². The lowest BCUT2D eigenvalue weighted by atomic mass is 11.8. The summed E-state index contributed by atoms with van der Waals surface area (Å²) in [5.41, 5.74) is -1.91. The van der Waals surface area contributed by atoms with Gasteiger partial charge in [-0.15, -0.1) is 0 Å². The van der Waals surface area contributed by atoms with Crippen molar-refractivity contribution in [3.63, 3.8) is 0 Å². The van der Waals surface area contributed by atoms with Gasteiger partial charge in [0.05, 0.1) is 0 Å². The van der Waals surface area contributed by atoms with Crippen LogP contribution < -0.4 is 0 Å². The first kappa shape index (κ1) is 20.1. The number of rotatable bonds is 6. The zero-order chi connectivity index (χ0) is 13.2. The molecule has 0 spiro atoms. The van der Waals surface area contributed by atoms with Gasteiger partial charge in [-0.25, -0.2) is 0 Å². The van der Waals surface area contributed by atoms with Crippen LogP contribution in [0.1, 0.15) is 0 Å². The van der Waals surface area contributed by atoms with Crippen molar-refractivity contribution in [2.24, 2.45) is 0 Å². The Bertz CT molecular complexity index is 199. The van der Waals surface area contributed by atoms with Gasteiger partial charge < -0.3 is 13.6 Å². The monoisotopic (exact) mass is 344 g/mol. The molecule has 0 rings (SSSR count). The summed E-state index contributed by atoms with van der Waals surface area (Å²) in [6, 6.07) is 0. The highest BCUT2D eigenvalue weighted by Crippen LogP contribution is 2.67. The minimum Gasteiger partial charge on any atom is -0.325 e. The molecule has 0 aromatic carbocycles.